The number of hydrogen-bond acceptors (Lipinski definition) is 6. The fourth-order valence-corrected chi connectivity index (χ4v) is 1.98. The predicted octanol–water partition coefficient (Wildman–Crippen LogP) is 1.37. The maximum Gasteiger partial charge on any atom is 0.240 e. The van der Waals surface area contributed by atoms with Gasteiger partial charge < -0.3 is 9.84 Å². The number of aromatic nitrogens is 5. The average Bonchev–Trinajstić information content (AvgIpc) is 2.86. The largest absolute Gasteiger partial charge is 0.337 e. The van der Waals surface area contributed by atoms with E-state index in [-0.39, 0.29) is 0 Å². The van der Waals surface area contributed by atoms with Crippen LogP contribution < -0.4 is 5.32 Å². The van der Waals surface area contributed by atoms with Crippen LogP contribution in [0.4, 0.5) is 11.7 Å². The molecule has 0 amide bonds. The number of aromatic amines is 1. The molecule has 7 nitrogen and oxygen atoms in total. The van der Waals surface area contributed by atoms with Crippen LogP contribution in [0.5, 0.6) is 0 Å². The van der Waals surface area contributed by atoms with E-state index in [0.29, 0.717) is 17.3 Å². The highest BCUT2D eigenvalue weighted by atomic mass is 16.5. The summed E-state index contributed by atoms with van der Waals surface area (Å²) in [5.41, 5.74) is 3.16. The summed E-state index contributed by atoms with van der Waals surface area (Å²) in [6.45, 7) is 1.87. The van der Waals surface area contributed by atoms with E-state index < -0.39 is 0 Å². The van der Waals surface area contributed by atoms with Gasteiger partial charge in [0.25, 0.3) is 0 Å². The standard InChI is InChI=1S/C9H6N6O/c1-3-4-6-5-7(12-9(4)16-15-3)10-2-11-8(5)14-13-6/h2H,1H3,(H2,10,11,12,13,14). The molecule has 78 valence electrons. The van der Waals surface area contributed by atoms with Crippen LogP contribution in [0.2, 0.25) is 0 Å². The molecule has 4 heterocycles. The second-order valence-electron chi connectivity index (χ2n) is 3.62. The average molecular weight is 214 g/mol. The Morgan fingerprint density at radius 1 is 1.31 bits per heavy atom. The van der Waals surface area contributed by atoms with E-state index in [9.17, 15) is 0 Å². The van der Waals surface area contributed by atoms with Gasteiger partial charge in [-0.25, -0.2) is 9.97 Å². The Labute approximate surface area is 88.9 Å². The van der Waals surface area contributed by atoms with Gasteiger partial charge in [-0.2, -0.15) is 5.10 Å². The Kier molecular flexibility index (Phi) is 1.16. The van der Waals surface area contributed by atoms with Crippen LogP contribution in [0, 0.1) is 6.92 Å². The highest BCUT2D eigenvalue weighted by Gasteiger charge is 2.27. The first-order valence-corrected chi connectivity index (χ1v) is 4.77. The van der Waals surface area contributed by atoms with E-state index in [1.807, 2.05) is 6.92 Å². The third-order valence-electron chi connectivity index (χ3n) is 2.69. The third-order valence-corrected chi connectivity index (χ3v) is 2.69. The number of nitrogens with zero attached hydrogens (tertiary/aromatic N) is 4. The Morgan fingerprint density at radius 3 is 3.19 bits per heavy atom. The summed E-state index contributed by atoms with van der Waals surface area (Å²) in [5, 5.41) is 15.0. The fourth-order valence-electron chi connectivity index (χ4n) is 1.98. The first-order valence-electron chi connectivity index (χ1n) is 4.77. The number of anilines is 2. The molecule has 7 heteroatoms. The highest BCUT2D eigenvalue weighted by Crippen LogP contribution is 2.42. The van der Waals surface area contributed by atoms with Crippen LogP contribution in [-0.4, -0.2) is 25.3 Å². The predicted molar refractivity (Wildman–Crippen MR) is 55.2 cm³/mol. The highest BCUT2D eigenvalue weighted by molar-refractivity contribution is 6.05. The number of rotatable bonds is 0. The number of H-pyrrole nitrogens is 1. The van der Waals surface area contributed by atoms with Crippen molar-refractivity contribution in [2.24, 2.45) is 0 Å². The van der Waals surface area contributed by atoms with Crippen LogP contribution >= 0.6 is 0 Å². The zero-order valence-electron chi connectivity index (χ0n) is 8.27. The number of fused-ring (bicyclic) bond motifs is 2. The van der Waals surface area contributed by atoms with Crippen LogP contribution in [0.15, 0.2) is 10.9 Å². The van der Waals surface area contributed by atoms with Crippen LogP contribution in [0.25, 0.3) is 22.3 Å². The minimum Gasteiger partial charge on any atom is -0.337 e. The van der Waals surface area contributed by atoms with Crippen molar-refractivity contribution in [2.45, 2.75) is 6.92 Å². The molecule has 3 aromatic heterocycles. The van der Waals surface area contributed by atoms with Crippen molar-refractivity contribution >= 4 is 22.7 Å². The Morgan fingerprint density at radius 2 is 2.25 bits per heavy atom. The fraction of sp³-hybridized carbons (Fsp3) is 0.111. The molecule has 3 aromatic rings. The van der Waals surface area contributed by atoms with Gasteiger partial charge in [0.05, 0.1) is 16.6 Å². The zero-order chi connectivity index (χ0) is 10.7. The molecule has 0 aromatic carbocycles. The molecule has 16 heavy (non-hydrogen) atoms. The molecule has 0 aliphatic carbocycles. The smallest absolute Gasteiger partial charge is 0.240 e. The molecule has 4 rings (SSSR count). The van der Waals surface area contributed by atoms with E-state index >= 15 is 0 Å². The van der Waals surface area contributed by atoms with Crippen LogP contribution in [0.1, 0.15) is 5.69 Å². The maximum atomic E-state index is 5.17. The van der Waals surface area contributed by atoms with Gasteiger partial charge in [-0.15, -0.1) is 0 Å². The Hall–Kier alpha value is -2.44. The molecular formula is C9H6N6O. The van der Waals surface area contributed by atoms with Gasteiger partial charge in [0, 0.05) is 0 Å². The number of nitrogens with one attached hydrogen (secondary N) is 2. The Bertz CT molecular complexity index is 712. The monoisotopic (exact) mass is 214 g/mol. The summed E-state index contributed by atoms with van der Waals surface area (Å²) < 4.78 is 5.17. The number of hydrogen-bond donors (Lipinski definition) is 2. The summed E-state index contributed by atoms with van der Waals surface area (Å²) in [6, 6.07) is 0. The molecule has 1 aliphatic heterocycles. The van der Waals surface area contributed by atoms with Crippen molar-refractivity contribution < 1.29 is 4.52 Å². The second-order valence-corrected chi connectivity index (χ2v) is 3.62. The lowest BCUT2D eigenvalue weighted by Crippen LogP contribution is -2.00. The zero-order valence-corrected chi connectivity index (χ0v) is 8.27. The van der Waals surface area contributed by atoms with E-state index in [1.54, 1.807) is 0 Å². The topological polar surface area (TPSA) is 92.5 Å². The lowest BCUT2D eigenvalue weighted by Gasteiger charge is -2.10. The van der Waals surface area contributed by atoms with Crippen molar-refractivity contribution in [1.82, 2.24) is 25.3 Å². The van der Waals surface area contributed by atoms with Gasteiger partial charge in [0.2, 0.25) is 5.88 Å². The molecule has 0 unspecified atom stereocenters. The van der Waals surface area contributed by atoms with Crippen molar-refractivity contribution in [3.8, 4) is 11.3 Å². The lowest BCUT2D eigenvalue weighted by molar-refractivity contribution is 0.430. The normalized spacial score (nSPS) is 12.6. The summed E-state index contributed by atoms with van der Waals surface area (Å²) >= 11 is 0. The molecular weight excluding hydrogens is 208 g/mol. The first-order chi connectivity index (χ1) is 7.84. The number of aryl methyl sites for hydroxylation is 1. The molecule has 0 atom stereocenters. The molecule has 0 saturated heterocycles. The molecule has 0 saturated carbocycles. The molecule has 0 bridgehead atoms. The third kappa shape index (κ3) is 0.746. The minimum absolute atomic E-state index is 0.581. The molecule has 2 N–H and O–H groups in total. The van der Waals surface area contributed by atoms with Crippen molar-refractivity contribution in [1.29, 1.82) is 0 Å². The van der Waals surface area contributed by atoms with E-state index in [0.717, 1.165) is 22.3 Å². The molecule has 1 aliphatic rings. The quantitative estimate of drug-likeness (QED) is 0.459. The summed E-state index contributed by atoms with van der Waals surface area (Å²) in [4.78, 5) is 8.26. The summed E-state index contributed by atoms with van der Waals surface area (Å²) in [7, 11) is 0. The van der Waals surface area contributed by atoms with Gasteiger partial charge in [-0.1, -0.05) is 5.16 Å². The van der Waals surface area contributed by atoms with Gasteiger partial charge >= 0.3 is 0 Å². The lowest BCUT2D eigenvalue weighted by atomic mass is 10.1. The summed E-state index contributed by atoms with van der Waals surface area (Å²) in [6.07, 6.45) is 1.47. The van der Waals surface area contributed by atoms with Gasteiger partial charge in [0.15, 0.2) is 5.65 Å². The maximum absolute atomic E-state index is 5.17. The minimum atomic E-state index is 0.581. The molecule has 0 radical (unpaired) electrons. The van der Waals surface area contributed by atoms with Crippen LogP contribution in [0.3, 0.4) is 0 Å². The van der Waals surface area contributed by atoms with Crippen LogP contribution in [-0.2, 0) is 0 Å². The van der Waals surface area contributed by atoms with E-state index in [1.165, 1.54) is 6.33 Å². The SMILES string of the molecule is Cc1noc2c1-c1n[nH]c3ncnc(c13)N2. The van der Waals surface area contributed by atoms with Gasteiger partial charge in [-0.3, -0.25) is 5.10 Å². The van der Waals surface area contributed by atoms with Crippen molar-refractivity contribution in [3.05, 3.63) is 12.0 Å². The van der Waals surface area contributed by atoms with Crippen molar-refractivity contribution in [2.75, 3.05) is 5.32 Å². The molecule has 0 fully saturated rings. The van der Waals surface area contributed by atoms with E-state index in [4.69, 9.17) is 4.52 Å². The summed E-state index contributed by atoms with van der Waals surface area (Å²) in [5.74, 6) is 1.27. The second kappa shape index (κ2) is 2.38. The first kappa shape index (κ1) is 7.80. The van der Waals surface area contributed by atoms with E-state index in [2.05, 4.69) is 30.6 Å². The molecule has 0 spiro atoms. The van der Waals surface area contributed by atoms with Crippen molar-refractivity contribution in [3.63, 3.8) is 0 Å². The van der Waals surface area contributed by atoms with Gasteiger partial charge in [-0.05, 0) is 6.92 Å². The van der Waals surface area contributed by atoms with Gasteiger partial charge in [0.1, 0.15) is 17.8 Å². The Balaban J connectivity index is 2.23.